The zero-order chi connectivity index (χ0) is 18.6. The Hall–Kier alpha value is -1.54. The zero-order valence-corrected chi connectivity index (χ0v) is 16.4. The fourth-order valence-electron chi connectivity index (χ4n) is 4.08. The molecule has 0 amide bonds. The minimum atomic E-state index is -0.214. The minimum Gasteiger partial charge on any atom is -0.395 e. The summed E-state index contributed by atoms with van der Waals surface area (Å²) in [5.41, 5.74) is 1.90. The number of rotatable bonds is 5. The van der Waals surface area contributed by atoms with Gasteiger partial charge in [-0.3, -0.25) is 9.80 Å². The van der Waals surface area contributed by atoms with Crippen LogP contribution in [-0.2, 0) is 0 Å². The van der Waals surface area contributed by atoms with Crippen LogP contribution in [0.5, 0.6) is 0 Å². The summed E-state index contributed by atoms with van der Waals surface area (Å²) in [7, 11) is 0. The molecule has 7 heteroatoms. The zero-order valence-electron chi connectivity index (χ0n) is 15.6. The van der Waals surface area contributed by atoms with E-state index in [0.717, 1.165) is 62.2 Å². The van der Waals surface area contributed by atoms with Gasteiger partial charge in [0.05, 0.1) is 12.3 Å². The maximum atomic E-state index is 13.1. The molecule has 1 aromatic carbocycles. The number of β-amino-alcohol motifs (C(OH)–C–C–N with tert-alkyl or cyclic N) is 1. The van der Waals surface area contributed by atoms with E-state index in [1.54, 1.807) is 23.5 Å². The Bertz CT molecular complexity index is 722. The number of thiazole rings is 1. The topological polar surface area (TPSA) is 42.8 Å². The minimum absolute atomic E-state index is 0.214. The molecule has 1 aromatic heterocycles. The molecule has 0 saturated carbocycles. The van der Waals surface area contributed by atoms with Crippen molar-refractivity contribution in [2.24, 2.45) is 0 Å². The third-order valence-corrected chi connectivity index (χ3v) is 6.61. The second-order valence-corrected chi connectivity index (χ2v) is 8.18. The van der Waals surface area contributed by atoms with Gasteiger partial charge in [-0.25, -0.2) is 9.37 Å². The van der Waals surface area contributed by atoms with E-state index in [1.807, 2.05) is 0 Å². The molecule has 2 saturated heterocycles. The second kappa shape index (κ2) is 8.65. The third kappa shape index (κ3) is 4.48. The first-order valence-electron chi connectivity index (χ1n) is 9.76. The quantitative estimate of drug-likeness (QED) is 0.850. The van der Waals surface area contributed by atoms with E-state index in [4.69, 9.17) is 10.1 Å². The van der Waals surface area contributed by atoms with Crippen molar-refractivity contribution in [3.05, 3.63) is 35.5 Å². The largest absolute Gasteiger partial charge is 0.395 e. The highest BCUT2D eigenvalue weighted by Gasteiger charge is 2.28. The molecule has 146 valence electrons. The molecule has 5 nitrogen and oxygen atoms in total. The molecule has 0 atom stereocenters. The average molecular weight is 391 g/mol. The molecule has 4 rings (SSSR count). The number of aliphatic hydroxyl groups excluding tert-OH is 1. The van der Waals surface area contributed by atoms with Crippen molar-refractivity contribution in [3.8, 4) is 11.3 Å². The summed E-state index contributed by atoms with van der Waals surface area (Å²) in [4.78, 5) is 12.1. The van der Waals surface area contributed by atoms with Gasteiger partial charge in [-0.2, -0.15) is 0 Å². The van der Waals surface area contributed by atoms with E-state index in [1.165, 1.54) is 25.0 Å². The van der Waals surface area contributed by atoms with E-state index < -0.39 is 0 Å². The fraction of sp³-hybridized carbons (Fsp3) is 0.550. The third-order valence-electron chi connectivity index (χ3n) is 5.71. The van der Waals surface area contributed by atoms with E-state index in [2.05, 4.69) is 20.1 Å². The van der Waals surface area contributed by atoms with Crippen molar-refractivity contribution < 1.29 is 9.50 Å². The first kappa shape index (κ1) is 18.8. The number of aromatic nitrogens is 1. The molecular formula is C20H27FN4OS. The van der Waals surface area contributed by atoms with Gasteiger partial charge in [-0.15, -0.1) is 11.3 Å². The van der Waals surface area contributed by atoms with Crippen LogP contribution in [0.3, 0.4) is 0 Å². The molecule has 0 bridgehead atoms. The lowest BCUT2D eigenvalue weighted by atomic mass is 10.0. The number of piperidine rings is 1. The van der Waals surface area contributed by atoms with Crippen LogP contribution >= 0.6 is 11.3 Å². The van der Waals surface area contributed by atoms with Crippen molar-refractivity contribution in [2.45, 2.75) is 18.9 Å². The first-order valence-corrected chi connectivity index (χ1v) is 10.6. The molecule has 2 fully saturated rings. The van der Waals surface area contributed by atoms with E-state index in [-0.39, 0.29) is 12.4 Å². The number of piperazine rings is 1. The Labute approximate surface area is 164 Å². The number of halogens is 1. The molecule has 0 radical (unpaired) electrons. The van der Waals surface area contributed by atoms with Gasteiger partial charge in [-0.1, -0.05) is 0 Å². The predicted molar refractivity (Wildman–Crippen MR) is 108 cm³/mol. The van der Waals surface area contributed by atoms with Gasteiger partial charge in [0, 0.05) is 62.8 Å². The lowest BCUT2D eigenvalue weighted by Crippen LogP contribution is -2.53. The highest BCUT2D eigenvalue weighted by molar-refractivity contribution is 7.14. The summed E-state index contributed by atoms with van der Waals surface area (Å²) in [6, 6.07) is 7.21. The molecule has 0 spiro atoms. The van der Waals surface area contributed by atoms with Crippen LogP contribution in [0, 0.1) is 5.82 Å². The Morgan fingerprint density at radius 2 is 1.74 bits per heavy atom. The number of aliphatic hydroxyl groups is 1. The smallest absolute Gasteiger partial charge is 0.185 e. The van der Waals surface area contributed by atoms with Gasteiger partial charge < -0.3 is 10.0 Å². The van der Waals surface area contributed by atoms with Gasteiger partial charge in [0.2, 0.25) is 0 Å². The normalized spacial score (nSPS) is 20.3. The maximum absolute atomic E-state index is 13.1. The maximum Gasteiger partial charge on any atom is 0.185 e. The van der Waals surface area contributed by atoms with Gasteiger partial charge in [0.15, 0.2) is 5.13 Å². The second-order valence-electron chi connectivity index (χ2n) is 7.34. The van der Waals surface area contributed by atoms with Crippen LogP contribution in [0.4, 0.5) is 9.52 Å². The van der Waals surface area contributed by atoms with E-state index in [0.29, 0.717) is 6.04 Å². The predicted octanol–water partition coefficient (Wildman–Crippen LogP) is 2.53. The van der Waals surface area contributed by atoms with Crippen LogP contribution in [0.2, 0.25) is 0 Å². The summed E-state index contributed by atoms with van der Waals surface area (Å²) >= 11 is 1.67. The molecule has 2 aromatic rings. The summed E-state index contributed by atoms with van der Waals surface area (Å²) < 4.78 is 13.1. The SMILES string of the molecule is OCCN1CCN(C2CCN(c3nc(-c4ccc(F)cc4)cs3)CC2)CC1. The Kier molecular flexibility index (Phi) is 6.02. The van der Waals surface area contributed by atoms with E-state index >= 15 is 0 Å². The lowest BCUT2D eigenvalue weighted by Gasteiger charge is -2.42. The van der Waals surface area contributed by atoms with Crippen molar-refractivity contribution in [1.82, 2.24) is 14.8 Å². The number of hydrogen-bond acceptors (Lipinski definition) is 6. The highest BCUT2D eigenvalue weighted by atomic mass is 32.1. The fourth-order valence-corrected chi connectivity index (χ4v) is 4.97. The van der Waals surface area contributed by atoms with Gasteiger partial charge in [0.25, 0.3) is 0 Å². The molecule has 0 aliphatic carbocycles. The molecule has 1 N–H and O–H groups in total. The lowest BCUT2D eigenvalue weighted by molar-refractivity contribution is 0.0747. The molecule has 27 heavy (non-hydrogen) atoms. The summed E-state index contributed by atoms with van der Waals surface area (Å²) in [6.45, 7) is 7.48. The van der Waals surface area contributed by atoms with Gasteiger partial charge in [-0.05, 0) is 37.1 Å². The average Bonchev–Trinajstić information content (AvgIpc) is 3.20. The first-order chi connectivity index (χ1) is 13.2. The summed E-state index contributed by atoms with van der Waals surface area (Å²) in [6.07, 6.45) is 2.34. The van der Waals surface area contributed by atoms with Crippen LogP contribution in [0.25, 0.3) is 11.3 Å². The monoisotopic (exact) mass is 390 g/mol. The summed E-state index contributed by atoms with van der Waals surface area (Å²) in [5.74, 6) is -0.214. The van der Waals surface area contributed by atoms with Crippen LogP contribution in [-0.4, -0.2) is 78.4 Å². The van der Waals surface area contributed by atoms with Crippen LogP contribution in [0.1, 0.15) is 12.8 Å². The molecular weight excluding hydrogens is 363 g/mol. The number of benzene rings is 1. The number of nitrogens with zero attached hydrogens (tertiary/aromatic N) is 4. The Morgan fingerprint density at radius 3 is 2.41 bits per heavy atom. The standard InChI is InChI=1S/C20H27FN4OS/c21-17-3-1-16(2-4-17)19-15-27-20(22-19)25-7-5-18(6-8-25)24-11-9-23(10-12-24)13-14-26/h1-4,15,18,26H,5-14H2. The Balaban J connectivity index is 1.30. The summed E-state index contributed by atoms with van der Waals surface area (Å²) in [5, 5.41) is 12.2. The molecule has 3 heterocycles. The van der Waals surface area contributed by atoms with Crippen LogP contribution in [0.15, 0.2) is 29.6 Å². The van der Waals surface area contributed by atoms with Crippen LogP contribution < -0.4 is 4.90 Å². The van der Waals surface area contributed by atoms with Crippen molar-refractivity contribution in [3.63, 3.8) is 0 Å². The van der Waals surface area contributed by atoms with Crippen molar-refractivity contribution in [2.75, 3.05) is 57.3 Å². The van der Waals surface area contributed by atoms with Gasteiger partial charge >= 0.3 is 0 Å². The molecule has 0 unspecified atom stereocenters. The molecule has 2 aliphatic rings. The molecule has 2 aliphatic heterocycles. The van der Waals surface area contributed by atoms with Crippen molar-refractivity contribution >= 4 is 16.5 Å². The van der Waals surface area contributed by atoms with Gasteiger partial charge in [0.1, 0.15) is 5.82 Å². The Morgan fingerprint density at radius 1 is 1.04 bits per heavy atom. The number of anilines is 1. The van der Waals surface area contributed by atoms with Crippen molar-refractivity contribution in [1.29, 1.82) is 0 Å². The number of hydrogen-bond donors (Lipinski definition) is 1. The van der Waals surface area contributed by atoms with E-state index in [9.17, 15) is 4.39 Å². The highest BCUT2D eigenvalue weighted by Crippen LogP contribution is 2.30.